The molecule has 110 valence electrons. The van der Waals surface area contributed by atoms with E-state index in [0.717, 1.165) is 25.1 Å². The Bertz CT molecular complexity index is 467. The van der Waals surface area contributed by atoms with Crippen LogP contribution in [0.4, 0.5) is 5.69 Å². The van der Waals surface area contributed by atoms with Crippen LogP contribution < -0.4 is 11.1 Å². The summed E-state index contributed by atoms with van der Waals surface area (Å²) in [6, 6.07) is 3.68. The maximum Gasteiger partial charge on any atom is 0.272 e. The summed E-state index contributed by atoms with van der Waals surface area (Å²) < 4.78 is 0. The van der Waals surface area contributed by atoms with Gasteiger partial charge in [-0.1, -0.05) is 0 Å². The third-order valence-electron chi connectivity index (χ3n) is 4.02. The molecule has 1 aliphatic carbocycles. The molecule has 0 aliphatic heterocycles. The van der Waals surface area contributed by atoms with Crippen LogP contribution in [0, 0.1) is 0 Å². The Morgan fingerprint density at radius 1 is 1.45 bits per heavy atom. The van der Waals surface area contributed by atoms with Crippen molar-refractivity contribution >= 4 is 11.6 Å². The molecule has 0 atom stereocenters. The molecule has 1 aromatic heterocycles. The van der Waals surface area contributed by atoms with Gasteiger partial charge in [0.15, 0.2) is 0 Å². The van der Waals surface area contributed by atoms with Gasteiger partial charge in [0, 0.05) is 37.1 Å². The smallest absolute Gasteiger partial charge is 0.272 e. The Morgan fingerprint density at radius 3 is 2.70 bits per heavy atom. The molecule has 3 N–H and O–H groups in total. The van der Waals surface area contributed by atoms with E-state index in [9.17, 15) is 4.79 Å². The summed E-state index contributed by atoms with van der Waals surface area (Å²) in [6.07, 6.45) is 5.01. The number of rotatable bonds is 6. The van der Waals surface area contributed by atoms with Gasteiger partial charge in [0.1, 0.15) is 5.69 Å². The SMILES string of the molecule is CCN(CC)C(=O)c1cc(NCC2(N)CCC2)ccn1. The van der Waals surface area contributed by atoms with Gasteiger partial charge in [-0.15, -0.1) is 0 Å². The Morgan fingerprint density at radius 2 is 2.15 bits per heavy atom. The second kappa shape index (κ2) is 6.22. The van der Waals surface area contributed by atoms with Gasteiger partial charge in [-0.25, -0.2) is 0 Å². The summed E-state index contributed by atoms with van der Waals surface area (Å²) in [7, 11) is 0. The number of pyridine rings is 1. The monoisotopic (exact) mass is 276 g/mol. The second-order valence-electron chi connectivity index (χ2n) is 5.48. The van der Waals surface area contributed by atoms with Crippen LogP contribution in [0.1, 0.15) is 43.6 Å². The lowest BCUT2D eigenvalue weighted by molar-refractivity contribution is 0.0767. The first-order valence-corrected chi connectivity index (χ1v) is 7.36. The molecule has 0 saturated heterocycles. The van der Waals surface area contributed by atoms with E-state index < -0.39 is 0 Å². The van der Waals surface area contributed by atoms with Crippen molar-refractivity contribution in [1.29, 1.82) is 0 Å². The van der Waals surface area contributed by atoms with E-state index in [-0.39, 0.29) is 11.4 Å². The summed E-state index contributed by atoms with van der Waals surface area (Å²) in [5, 5.41) is 3.32. The van der Waals surface area contributed by atoms with Crippen molar-refractivity contribution in [3.63, 3.8) is 0 Å². The lowest BCUT2D eigenvalue weighted by Gasteiger charge is -2.38. The van der Waals surface area contributed by atoms with Crippen LogP contribution in [0.25, 0.3) is 0 Å². The number of amides is 1. The van der Waals surface area contributed by atoms with Crippen molar-refractivity contribution in [2.45, 2.75) is 38.6 Å². The lowest BCUT2D eigenvalue weighted by Crippen LogP contribution is -2.51. The highest BCUT2D eigenvalue weighted by molar-refractivity contribution is 5.93. The molecule has 1 aliphatic rings. The summed E-state index contributed by atoms with van der Waals surface area (Å²) in [6.45, 7) is 6.08. The van der Waals surface area contributed by atoms with E-state index in [2.05, 4.69) is 10.3 Å². The predicted octanol–water partition coefficient (Wildman–Crippen LogP) is 1.86. The molecule has 0 aromatic carbocycles. The highest BCUT2D eigenvalue weighted by Gasteiger charge is 2.32. The maximum absolute atomic E-state index is 12.2. The molecule has 1 amide bonds. The standard InChI is InChI=1S/C15H24N4O/c1-3-19(4-2)14(20)13-10-12(6-9-17-13)18-11-15(16)7-5-8-15/h6,9-10H,3-5,7-8,11,16H2,1-2H3,(H,17,18). The van der Waals surface area contributed by atoms with Crippen LogP contribution in [-0.2, 0) is 0 Å². The van der Waals surface area contributed by atoms with Crippen LogP contribution in [0.15, 0.2) is 18.3 Å². The number of hydrogen-bond acceptors (Lipinski definition) is 4. The minimum Gasteiger partial charge on any atom is -0.383 e. The van der Waals surface area contributed by atoms with Gasteiger partial charge < -0.3 is 16.0 Å². The number of nitrogens with two attached hydrogens (primary N) is 1. The topological polar surface area (TPSA) is 71.2 Å². The van der Waals surface area contributed by atoms with Crippen LogP contribution in [0.2, 0.25) is 0 Å². The van der Waals surface area contributed by atoms with Crippen molar-refractivity contribution in [1.82, 2.24) is 9.88 Å². The molecule has 1 heterocycles. The minimum absolute atomic E-state index is 0.0234. The molecule has 20 heavy (non-hydrogen) atoms. The van der Waals surface area contributed by atoms with Crippen molar-refractivity contribution in [3.8, 4) is 0 Å². The molecular weight excluding hydrogens is 252 g/mol. The first-order valence-electron chi connectivity index (χ1n) is 7.36. The Labute approximate surface area is 120 Å². The molecule has 0 bridgehead atoms. The molecule has 5 heteroatoms. The molecule has 0 spiro atoms. The zero-order valence-corrected chi connectivity index (χ0v) is 12.4. The highest BCUT2D eigenvalue weighted by Crippen LogP contribution is 2.29. The van der Waals surface area contributed by atoms with Crippen molar-refractivity contribution < 1.29 is 4.79 Å². The number of aromatic nitrogens is 1. The summed E-state index contributed by atoms with van der Waals surface area (Å²) >= 11 is 0. The fourth-order valence-corrected chi connectivity index (χ4v) is 2.42. The van der Waals surface area contributed by atoms with Crippen LogP contribution in [0.3, 0.4) is 0 Å². The summed E-state index contributed by atoms with van der Waals surface area (Å²) in [4.78, 5) is 18.2. The van der Waals surface area contributed by atoms with Gasteiger partial charge in [0.05, 0.1) is 0 Å². The highest BCUT2D eigenvalue weighted by atomic mass is 16.2. The van der Waals surface area contributed by atoms with Gasteiger partial charge in [0.2, 0.25) is 0 Å². The number of nitrogens with zero attached hydrogens (tertiary/aromatic N) is 2. The minimum atomic E-state index is -0.0771. The Hall–Kier alpha value is -1.62. The van der Waals surface area contributed by atoms with Gasteiger partial charge in [0.25, 0.3) is 5.91 Å². The van der Waals surface area contributed by atoms with Crippen LogP contribution >= 0.6 is 0 Å². The maximum atomic E-state index is 12.2. The molecule has 1 saturated carbocycles. The van der Waals surface area contributed by atoms with Gasteiger partial charge >= 0.3 is 0 Å². The largest absolute Gasteiger partial charge is 0.383 e. The first-order chi connectivity index (χ1) is 9.58. The molecule has 2 rings (SSSR count). The van der Waals surface area contributed by atoms with E-state index >= 15 is 0 Å². The molecule has 0 unspecified atom stereocenters. The van der Waals surface area contributed by atoms with E-state index in [1.165, 1.54) is 6.42 Å². The van der Waals surface area contributed by atoms with Gasteiger partial charge in [-0.3, -0.25) is 9.78 Å². The van der Waals surface area contributed by atoms with Crippen LogP contribution in [0.5, 0.6) is 0 Å². The quantitative estimate of drug-likeness (QED) is 0.832. The van der Waals surface area contributed by atoms with E-state index in [0.29, 0.717) is 18.8 Å². The molecule has 1 fully saturated rings. The molecule has 1 aromatic rings. The predicted molar refractivity (Wildman–Crippen MR) is 80.7 cm³/mol. The molecule has 5 nitrogen and oxygen atoms in total. The van der Waals surface area contributed by atoms with Crippen molar-refractivity contribution in [2.24, 2.45) is 5.73 Å². The van der Waals surface area contributed by atoms with Crippen molar-refractivity contribution in [2.75, 3.05) is 25.0 Å². The third kappa shape index (κ3) is 3.28. The van der Waals surface area contributed by atoms with Crippen molar-refractivity contribution in [3.05, 3.63) is 24.0 Å². The van der Waals surface area contributed by atoms with Gasteiger partial charge in [-0.05, 0) is 45.2 Å². The van der Waals surface area contributed by atoms with Gasteiger partial charge in [-0.2, -0.15) is 0 Å². The Balaban J connectivity index is 2.01. The summed E-state index contributed by atoms with van der Waals surface area (Å²) in [5.41, 5.74) is 7.50. The van der Waals surface area contributed by atoms with E-state index in [4.69, 9.17) is 5.73 Å². The first kappa shape index (κ1) is 14.8. The zero-order chi connectivity index (χ0) is 14.6. The number of nitrogens with one attached hydrogen (secondary N) is 1. The fraction of sp³-hybridized carbons (Fsp3) is 0.600. The number of anilines is 1. The number of hydrogen-bond donors (Lipinski definition) is 2. The average Bonchev–Trinajstić information content (AvgIpc) is 2.44. The van der Waals surface area contributed by atoms with Crippen LogP contribution in [-0.4, -0.2) is 41.0 Å². The van der Waals surface area contributed by atoms with E-state index in [1.54, 1.807) is 11.1 Å². The molecular formula is C15H24N4O. The average molecular weight is 276 g/mol. The lowest BCUT2D eigenvalue weighted by atomic mass is 9.78. The third-order valence-corrected chi connectivity index (χ3v) is 4.02. The summed E-state index contributed by atoms with van der Waals surface area (Å²) in [5.74, 6) is -0.0234. The van der Waals surface area contributed by atoms with E-state index in [1.807, 2.05) is 26.0 Å². The Kier molecular flexibility index (Phi) is 4.60. The second-order valence-corrected chi connectivity index (χ2v) is 5.48. The normalized spacial score (nSPS) is 16.4. The zero-order valence-electron chi connectivity index (χ0n) is 12.4. The number of carbonyl (C=O) groups excluding carboxylic acids is 1. The number of carbonyl (C=O) groups is 1. The molecule has 0 radical (unpaired) electrons. The fourth-order valence-electron chi connectivity index (χ4n) is 2.42.